The summed E-state index contributed by atoms with van der Waals surface area (Å²) < 4.78 is 7.12. The number of aryl methyl sites for hydroxylation is 1. The second-order valence-corrected chi connectivity index (χ2v) is 4.16. The molecule has 0 saturated carbocycles. The molecule has 0 spiro atoms. The highest BCUT2D eigenvalue weighted by atomic mass is 16.5. The van der Waals surface area contributed by atoms with Gasteiger partial charge in [-0.15, -0.1) is 10.2 Å². The van der Waals surface area contributed by atoms with Crippen LogP contribution in [0.25, 0.3) is 11.4 Å². The number of rotatable bonds is 5. The number of nitrogens with two attached hydrogens (primary N) is 1. The maximum absolute atomic E-state index is 5.68. The Bertz CT molecular complexity index is 521. The molecule has 5 heteroatoms. The predicted octanol–water partition coefficient (Wildman–Crippen LogP) is 1.36. The summed E-state index contributed by atoms with van der Waals surface area (Å²) >= 11 is 0. The molecule has 0 amide bonds. The van der Waals surface area contributed by atoms with Gasteiger partial charge in [0.05, 0.1) is 13.2 Å². The number of hydrogen-bond acceptors (Lipinski definition) is 4. The van der Waals surface area contributed by atoms with E-state index in [9.17, 15) is 0 Å². The fourth-order valence-corrected chi connectivity index (χ4v) is 1.90. The highest BCUT2D eigenvalue weighted by molar-refractivity contribution is 5.56. The average Bonchev–Trinajstić information content (AvgIpc) is 2.79. The molecule has 2 aromatic rings. The first kappa shape index (κ1) is 12.7. The molecule has 1 aromatic heterocycles. The van der Waals surface area contributed by atoms with E-state index < -0.39 is 0 Å². The molecule has 0 fully saturated rings. The minimum absolute atomic E-state index is 0.378. The second kappa shape index (κ2) is 5.75. The van der Waals surface area contributed by atoms with Gasteiger partial charge in [-0.05, 0) is 13.0 Å². The number of methoxy groups -OCH3 is 1. The van der Waals surface area contributed by atoms with Crippen molar-refractivity contribution in [3.63, 3.8) is 0 Å². The van der Waals surface area contributed by atoms with Crippen LogP contribution in [0.15, 0.2) is 24.3 Å². The molecule has 96 valence electrons. The Kier molecular flexibility index (Phi) is 4.07. The van der Waals surface area contributed by atoms with Crippen LogP contribution in [0.4, 0.5) is 0 Å². The van der Waals surface area contributed by atoms with Crippen LogP contribution in [0.5, 0.6) is 0 Å². The molecule has 1 aromatic carbocycles. The molecule has 0 aliphatic rings. The summed E-state index contributed by atoms with van der Waals surface area (Å²) in [6.07, 6.45) is 0. The maximum atomic E-state index is 5.68. The Labute approximate surface area is 107 Å². The van der Waals surface area contributed by atoms with E-state index in [0.717, 1.165) is 17.2 Å². The average molecular weight is 246 g/mol. The molecule has 18 heavy (non-hydrogen) atoms. The third-order valence-electron chi connectivity index (χ3n) is 2.81. The van der Waals surface area contributed by atoms with Crippen molar-refractivity contribution in [2.75, 3.05) is 13.7 Å². The van der Waals surface area contributed by atoms with Crippen molar-refractivity contribution in [2.24, 2.45) is 5.73 Å². The van der Waals surface area contributed by atoms with Crippen molar-refractivity contribution in [3.8, 4) is 11.4 Å². The number of hydrogen-bond donors (Lipinski definition) is 1. The molecule has 0 aliphatic heterocycles. The van der Waals surface area contributed by atoms with Crippen LogP contribution in [-0.2, 0) is 17.8 Å². The maximum Gasteiger partial charge on any atom is 0.164 e. The van der Waals surface area contributed by atoms with E-state index in [1.54, 1.807) is 7.11 Å². The summed E-state index contributed by atoms with van der Waals surface area (Å²) in [6.45, 7) is 3.76. The fourth-order valence-electron chi connectivity index (χ4n) is 1.90. The zero-order valence-corrected chi connectivity index (χ0v) is 10.8. The van der Waals surface area contributed by atoms with Crippen LogP contribution < -0.4 is 5.73 Å². The molecule has 0 aliphatic carbocycles. The van der Waals surface area contributed by atoms with E-state index in [-0.39, 0.29) is 0 Å². The Morgan fingerprint density at radius 3 is 2.83 bits per heavy atom. The van der Waals surface area contributed by atoms with E-state index in [1.165, 1.54) is 5.56 Å². The molecular formula is C13H18N4O. The summed E-state index contributed by atoms with van der Waals surface area (Å²) in [5, 5.41) is 8.35. The Balaban J connectivity index is 2.40. The van der Waals surface area contributed by atoms with Gasteiger partial charge in [0.25, 0.3) is 0 Å². The molecule has 2 rings (SSSR count). The van der Waals surface area contributed by atoms with Gasteiger partial charge in [0.2, 0.25) is 0 Å². The molecule has 5 nitrogen and oxygen atoms in total. The van der Waals surface area contributed by atoms with Crippen LogP contribution in [-0.4, -0.2) is 28.5 Å². The van der Waals surface area contributed by atoms with Gasteiger partial charge in [0.15, 0.2) is 5.82 Å². The van der Waals surface area contributed by atoms with Crippen molar-refractivity contribution in [2.45, 2.75) is 20.0 Å². The first-order chi connectivity index (χ1) is 8.76. The van der Waals surface area contributed by atoms with Gasteiger partial charge in [-0.3, -0.25) is 0 Å². The lowest BCUT2D eigenvalue weighted by Crippen LogP contribution is -2.12. The van der Waals surface area contributed by atoms with Crippen molar-refractivity contribution in [1.29, 1.82) is 0 Å². The highest BCUT2D eigenvalue weighted by Crippen LogP contribution is 2.19. The fraction of sp³-hybridized carbons (Fsp3) is 0.385. The normalized spacial score (nSPS) is 10.8. The number of ether oxygens (including phenoxy) is 1. The lowest BCUT2D eigenvalue weighted by Gasteiger charge is -2.09. The van der Waals surface area contributed by atoms with E-state index in [2.05, 4.69) is 29.3 Å². The van der Waals surface area contributed by atoms with Gasteiger partial charge in [0.1, 0.15) is 5.82 Å². The SMILES string of the molecule is COCCn1c(CN)nnc1-c1cccc(C)c1. The van der Waals surface area contributed by atoms with Gasteiger partial charge in [-0.2, -0.15) is 0 Å². The van der Waals surface area contributed by atoms with Crippen molar-refractivity contribution in [3.05, 3.63) is 35.7 Å². The number of nitrogens with zero attached hydrogens (tertiary/aromatic N) is 3. The molecule has 0 bridgehead atoms. The van der Waals surface area contributed by atoms with Crippen LogP contribution in [0.2, 0.25) is 0 Å². The minimum atomic E-state index is 0.378. The molecule has 0 radical (unpaired) electrons. The third-order valence-corrected chi connectivity index (χ3v) is 2.81. The van der Waals surface area contributed by atoms with Crippen LogP contribution >= 0.6 is 0 Å². The first-order valence-corrected chi connectivity index (χ1v) is 5.94. The summed E-state index contributed by atoms with van der Waals surface area (Å²) in [5.41, 5.74) is 7.93. The van der Waals surface area contributed by atoms with E-state index in [1.807, 2.05) is 16.7 Å². The van der Waals surface area contributed by atoms with Gasteiger partial charge in [-0.1, -0.05) is 23.8 Å². The zero-order valence-electron chi connectivity index (χ0n) is 10.8. The topological polar surface area (TPSA) is 66.0 Å². The van der Waals surface area contributed by atoms with Crippen LogP contribution in [0.3, 0.4) is 0 Å². The molecule has 0 unspecified atom stereocenters. The largest absolute Gasteiger partial charge is 0.383 e. The standard InChI is InChI=1S/C13H18N4O/c1-10-4-3-5-11(8-10)13-16-15-12(9-14)17(13)6-7-18-2/h3-5,8H,6-7,9,14H2,1-2H3. The van der Waals surface area contributed by atoms with Gasteiger partial charge in [-0.25, -0.2) is 0 Å². The summed E-state index contributed by atoms with van der Waals surface area (Å²) in [5.74, 6) is 1.62. The summed E-state index contributed by atoms with van der Waals surface area (Å²) in [4.78, 5) is 0. The van der Waals surface area contributed by atoms with E-state index in [0.29, 0.717) is 19.7 Å². The van der Waals surface area contributed by atoms with Crippen LogP contribution in [0, 0.1) is 6.92 Å². The Morgan fingerprint density at radius 1 is 1.33 bits per heavy atom. The molecule has 0 saturated heterocycles. The molecule has 1 heterocycles. The quantitative estimate of drug-likeness (QED) is 0.865. The van der Waals surface area contributed by atoms with Crippen LogP contribution in [0.1, 0.15) is 11.4 Å². The first-order valence-electron chi connectivity index (χ1n) is 5.94. The minimum Gasteiger partial charge on any atom is -0.383 e. The molecule has 2 N–H and O–H groups in total. The van der Waals surface area contributed by atoms with Crippen molar-refractivity contribution in [1.82, 2.24) is 14.8 Å². The van der Waals surface area contributed by atoms with Gasteiger partial charge < -0.3 is 15.0 Å². The molecular weight excluding hydrogens is 228 g/mol. The monoisotopic (exact) mass is 246 g/mol. The summed E-state index contributed by atoms with van der Waals surface area (Å²) in [7, 11) is 1.68. The number of aromatic nitrogens is 3. The van der Waals surface area contributed by atoms with Crippen molar-refractivity contribution >= 4 is 0 Å². The van der Waals surface area contributed by atoms with E-state index in [4.69, 9.17) is 10.5 Å². The highest BCUT2D eigenvalue weighted by Gasteiger charge is 2.12. The second-order valence-electron chi connectivity index (χ2n) is 4.16. The van der Waals surface area contributed by atoms with Gasteiger partial charge in [0, 0.05) is 19.2 Å². The third kappa shape index (κ3) is 2.57. The van der Waals surface area contributed by atoms with E-state index >= 15 is 0 Å². The summed E-state index contributed by atoms with van der Waals surface area (Å²) in [6, 6.07) is 8.19. The molecule has 0 atom stereocenters. The number of benzene rings is 1. The lowest BCUT2D eigenvalue weighted by atomic mass is 10.1. The Morgan fingerprint density at radius 2 is 2.17 bits per heavy atom. The van der Waals surface area contributed by atoms with Crippen molar-refractivity contribution < 1.29 is 4.74 Å². The Hall–Kier alpha value is -1.72. The smallest absolute Gasteiger partial charge is 0.164 e. The predicted molar refractivity (Wildman–Crippen MR) is 70.0 cm³/mol. The zero-order chi connectivity index (χ0) is 13.0. The lowest BCUT2D eigenvalue weighted by molar-refractivity contribution is 0.186. The van der Waals surface area contributed by atoms with Gasteiger partial charge >= 0.3 is 0 Å².